The van der Waals surface area contributed by atoms with Crippen LogP contribution in [0.25, 0.3) is 0 Å². The third-order valence-electron chi connectivity index (χ3n) is 3.63. The van der Waals surface area contributed by atoms with E-state index in [1.807, 2.05) is 13.8 Å². The SMILES string of the molecule is CC(C)Oc1ccc(Br)cc1C(=O)Nc1ccc(S(=O)(=O)Nc2nccs2)cc1. The molecule has 0 aliphatic carbocycles. The number of rotatable bonds is 7. The molecule has 10 heteroatoms. The molecule has 0 aliphatic rings. The van der Waals surface area contributed by atoms with Gasteiger partial charge in [-0.15, -0.1) is 11.3 Å². The second-order valence-corrected chi connectivity index (χ2v) is 9.72. The van der Waals surface area contributed by atoms with E-state index in [0.29, 0.717) is 17.0 Å². The highest BCUT2D eigenvalue weighted by atomic mass is 79.9. The zero-order valence-electron chi connectivity index (χ0n) is 15.5. The first-order valence-electron chi connectivity index (χ1n) is 8.54. The Morgan fingerprint density at radius 2 is 1.90 bits per heavy atom. The van der Waals surface area contributed by atoms with E-state index in [1.54, 1.807) is 23.6 Å². The van der Waals surface area contributed by atoms with Crippen LogP contribution in [0, 0.1) is 0 Å². The van der Waals surface area contributed by atoms with Crippen LogP contribution in [0.1, 0.15) is 24.2 Å². The fourth-order valence-electron chi connectivity index (χ4n) is 2.40. The van der Waals surface area contributed by atoms with Gasteiger partial charge in [0.25, 0.3) is 15.9 Å². The van der Waals surface area contributed by atoms with Crippen molar-refractivity contribution >= 4 is 54.0 Å². The van der Waals surface area contributed by atoms with E-state index < -0.39 is 10.0 Å². The summed E-state index contributed by atoms with van der Waals surface area (Å²) in [6.07, 6.45) is 1.43. The summed E-state index contributed by atoms with van der Waals surface area (Å²) in [4.78, 5) is 16.7. The monoisotopic (exact) mass is 495 g/mol. The first kappa shape index (κ1) is 21.3. The Morgan fingerprint density at radius 1 is 1.17 bits per heavy atom. The Morgan fingerprint density at radius 3 is 2.52 bits per heavy atom. The van der Waals surface area contributed by atoms with E-state index in [-0.39, 0.29) is 22.0 Å². The van der Waals surface area contributed by atoms with Gasteiger partial charge in [-0.25, -0.2) is 13.4 Å². The van der Waals surface area contributed by atoms with Gasteiger partial charge < -0.3 is 10.1 Å². The first-order chi connectivity index (χ1) is 13.7. The number of anilines is 2. The van der Waals surface area contributed by atoms with Crippen LogP contribution in [0.15, 0.2) is 63.4 Å². The van der Waals surface area contributed by atoms with Gasteiger partial charge in [0.2, 0.25) is 0 Å². The molecule has 2 aromatic carbocycles. The number of ether oxygens (including phenoxy) is 1. The molecule has 0 aliphatic heterocycles. The Balaban J connectivity index is 1.76. The normalized spacial score (nSPS) is 11.3. The van der Waals surface area contributed by atoms with Crippen molar-refractivity contribution in [2.24, 2.45) is 0 Å². The lowest BCUT2D eigenvalue weighted by Gasteiger charge is -2.15. The Labute approximate surface area is 181 Å². The number of halogens is 1. The molecule has 3 rings (SSSR count). The maximum Gasteiger partial charge on any atom is 0.263 e. The van der Waals surface area contributed by atoms with Crippen LogP contribution in [0.4, 0.5) is 10.8 Å². The summed E-state index contributed by atoms with van der Waals surface area (Å²) in [5.74, 6) is 0.103. The van der Waals surface area contributed by atoms with Gasteiger partial charge in [0.1, 0.15) is 5.75 Å². The quantitative estimate of drug-likeness (QED) is 0.492. The third kappa shape index (κ3) is 5.55. The number of hydrogen-bond acceptors (Lipinski definition) is 6. The Kier molecular flexibility index (Phi) is 6.56. The van der Waals surface area contributed by atoms with Crippen molar-refractivity contribution in [3.05, 3.63) is 64.1 Å². The van der Waals surface area contributed by atoms with Gasteiger partial charge in [0.05, 0.1) is 16.6 Å². The first-order valence-corrected chi connectivity index (χ1v) is 11.7. The minimum Gasteiger partial charge on any atom is -0.490 e. The number of benzene rings is 2. The van der Waals surface area contributed by atoms with E-state index >= 15 is 0 Å². The molecule has 0 unspecified atom stereocenters. The summed E-state index contributed by atoms with van der Waals surface area (Å²) in [5.41, 5.74) is 0.828. The molecule has 1 aromatic heterocycles. The van der Waals surface area contributed by atoms with Crippen molar-refractivity contribution in [2.75, 3.05) is 10.0 Å². The maximum atomic E-state index is 12.7. The lowest BCUT2D eigenvalue weighted by atomic mass is 10.1. The molecule has 2 N–H and O–H groups in total. The molecule has 0 atom stereocenters. The van der Waals surface area contributed by atoms with Gasteiger partial charge in [-0.05, 0) is 56.3 Å². The van der Waals surface area contributed by atoms with Crippen molar-refractivity contribution in [1.29, 1.82) is 0 Å². The number of amides is 1. The van der Waals surface area contributed by atoms with Crippen molar-refractivity contribution in [1.82, 2.24) is 4.98 Å². The summed E-state index contributed by atoms with van der Waals surface area (Å²) in [7, 11) is -3.75. The van der Waals surface area contributed by atoms with Crippen molar-refractivity contribution < 1.29 is 17.9 Å². The molecule has 0 bridgehead atoms. The highest BCUT2D eigenvalue weighted by Gasteiger charge is 2.17. The van der Waals surface area contributed by atoms with E-state index in [0.717, 1.165) is 4.47 Å². The van der Waals surface area contributed by atoms with Crippen LogP contribution in [-0.2, 0) is 10.0 Å². The number of carbonyl (C=O) groups is 1. The summed E-state index contributed by atoms with van der Waals surface area (Å²) < 4.78 is 33.6. The zero-order valence-corrected chi connectivity index (χ0v) is 18.8. The fraction of sp³-hybridized carbons (Fsp3) is 0.158. The van der Waals surface area contributed by atoms with Crippen molar-refractivity contribution in [3.63, 3.8) is 0 Å². The molecule has 0 saturated heterocycles. The number of sulfonamides is 1. The summed E-state index contributed by atoms with van der Waals surface area (Å²) in [6, 6.07) is 11.1. The smallest absolute Gasteiger partial charge is 0.263 e. The molecule has 0 saturated carbocycles. The number of aromatic nitrogens is 1. The molecule has 7 nitrogen and oxygen atoms in total. The largest absolute Gasteiger partial charge is 0.490 e. The zero-order chi connectivity index (χ0) is 21.0. The van der Waals surface area contributed by atoms with Crippen LogP contribution >= 0.6 is 27.3 Å². The average molecular weight is 496 g/mol. The van der Waals surface area contributed by atoms with Crippen molar-refractivity contribution in [3.8, 4) is 5.75 Å². The highest BCUT2D eigenvalue weighted by molar-refractivity contribution is 9.10. The van der Waals surface area contributed by atoms with Gasteiger partial charge >= 0.3 is 0 Å². The standard InChI is InChI=1S/C19H18BrN3O4S2/c1-12(2)27-17-8-3-13(20)11-16(17)18(24)22-14-4-6-15(7-5-14)29(25,26)23-19-21-9-10-28-19/h3-12H,1-2H3,(H,21,23)(H,22,24). The third-order valence-corrected chi connectivity index (χ3v) is 6.29. The Hall–Kier alpha value is -2.43. The number of carbonyl (C=O) groups excluding carboxylic acids is 1. The highest BCUT2D eigenvalue weighted by Crippen LogP contribution is 2.26. The maximum absolute atomic E-state index is 12.7. The molecular weight excluding hydrogens is 478 g/mol. The average Bonchev–Trinajstić information content (AvgIpc) is 3.15. The predicted octanol–water partition coefficient (Wildman–Crippen LogP) is 4.75. The van der Waals surface area contributed by atoms with Crippen LogP contribution in [-0.4, -0.2) is 25.4 Å². The van der Waals surface area contributed by atoms with Crippen LogP contribution in [0.5, 0.6) is 5.75 Å². The molecule has 29 heavy (non-hydrogen) atoms. The van der Waals surface area contributed by atoms with Gasteiger partial charge in [-0.1, -0.05) is 15.9 Å². The number of nitrogens with zero attached hydrogens (tertiary/aromatic N) is 1. The van der Waals surface area contributed by atoms with E-state index in [4.69, 9.17) is 4.74 Å². The van der Waals surface area contributed by atoms with Gasteiger partial charge in [0.15, 0.2) is 5.13 Å². The van der Waals surface area contributed by atoms with E-state index in [1.165, 1.54) is 41.8 Å². The molecule has 0 spiro atoms. The Bertz CT molecular complexity index is 1100. The molecule has 1 amide bonds. The molecule has 3 aromatic rings. The molecule has 0 fully saturated rings. The topological polar surface area (TPSA) is 97.4 Å². The van der Waals surface area contributed by atoms with Crippen molar-refractivity contribution in [2.45, 2.75) is 24.8 Å². The van der Waals surface area contributed by atoms with Crippen LogP contribution < -0.4 is 14.8 Å². The minimum absolute atomic E-state index is 0.0667. The van der Waals surface area contributed by atoms with Crippen LogP contribution in [0.2, 0.25) is 0 Å². The minimum atomic E-state index is -3.75. The van der Waals surface area contributed by atoms with Gasteiger partial charge in [0, 0.05) is 21.7 Å². The second kappa shape index (κ2) is 8.93. The molecular formula is C19H18BrN3O4S2. The lowest BCUT2D eigenvalue weighted by molar-refractivity contribution is 0.102. The predicted molar refractivity (Wildman–Crippen MR) is 117 cm³/mol. The van der Waals surface area contributed by atoms with Gasteiger partial charge in [-0.3, -0.25) is 9.52 Å². The molecule has 152 valence electrons. The molecule has 1 heterocycles. The fourth-order valence-corrected chi connectivity index (χ4v) is 4.55. The molecule has 0 radical (unpaired) electrons. The summed E-state index contributed by atoms with van der Waals surface area (Å²) in [5, 5.41) is 4.72. The van der Waals surface area contributed by atoms with E-state index in [2.05, 4.69) is 31.0 Å². The number of nitrogens with one attached hydrogen (secondary N) is 2. The lowest BCUT2D eigenvalue weighted by Crippen LogP contribution is -2.16. The summed E-state index contributed by atoms with van der Waals surface area (Å²) in [6.45, 7) is 3.76. The van der Waals surface area contributed by atoms with Crippen LogP contribution in [0.3, 0.4) is 0 Å². The second-order valence-electron chi connectivity index (χ2n) is 6.23. The summed E-state index contributed by atoms with van der Waals surface area (Å²) >= 11 is 4.54. The van der Waals surface area contributed by atoms with E-state index in [9.17, 15) is 13.2 Å². The number of thiazole rings is 1. The van der Waals surface area contributed by atoms with Gasteiger partial charge in [-0.2, -0.15) is 0 Å². The number of hydrogen-bond donors (Lipinski definition) is 2.